The normalized spacial score (nSPS) is 13.9. The van der Waals surface area contributed by atoms with E-state index in [0.717, 1.165) is 33.6 Å². The largest absolute Gasteiger partial charge is 0.497 e. The molecule has 0 fully saturated rings. The van der Waals surface area contributed by atoms with E-state index in [9.17, 15) is 9.59 Å². The van der Waals surface area contributed by atoms with E-state index in [1.165, 1.54) is 6.92 Å². The zero-order valence-corrected chi connectivity index (χ0v) is 21.8. The molecule has 0 aromatic heterocycles. The second-order valence-corrected chi connectivity index (χ2v) is 8.80. The maximum absolute atomic E-state index is 13.4. The van der Waals surface area contributed by atoms with Crippen LogP contribution in [0.3, 0.4) is 0 Å². The lowest BCUT2D eigenvalue weighted by Crippen LogP contribution is -2.26. The summed E-state index contributed by atoms with van der Waals surface area (Å²) in [5.74, 6) is 2.13. The van der Waals surface area contributed by atoms with Crippen molar-refractivity contribution in [3.8, 4) is 34.1 Å². The Balaban J connectivity index is 1.87. The van der Waals surface area contributed by atoms with Crippen LogP contribution in [-0.2, 0) is 17.8 Å². The minimum absolute atomic E-state index is 0.167. The van der Waals surface area contributed by atoms with Crippen LogP contribution in [-0.4, -0.2) is 34.3 Å². The minimum Gasteiger partial charge on any atom is -0.497 e. The lowest BCUT2D eigenvalue weighted by Gasteiger charge is -2.19. The Morgan fingerprint density at radius 1 is 0.946 bits per heavy atom. The summed E-state index contributed by atoms with van der Waals surface area (Å²) in [6.45, 7) is 1.92. The number of hydrogen-bond acceptors (Lipinski definition) is 7. The number of anilines is 1. The van der Waals surface area contributed by atoms with Gasteiger partial charge in [0.2, 0.25) is 17.1 Å². The van der Waals surface area contributed by atoms with E-state index in [4.69, 9.17) is 18.9 Å². The molecule has 0 saturated heterocycles. The van der Waals surface area contributed by atoms with Crippen LogP contribution < -0.4 is 35.0 Å². The number of carbonyl (C=O) groups is 1. The molecule has 1 unspecified atom stereocenters. The fourth-order valence-electron chi connectivity index (χ4n) is 4.83. The summed E-state index contributed by atoms with van der Waals surface area (Å²) in [5.41, 5.74) is 4.55. The van der Waals surface area contributed by atoms with Gasteiger partial charge >= 0.3 is 0 Å². The predicted octanol–water partition coefficient (Wildman–Crippen LogP) is 4.48. The van der Waals surface area contributed by atoms with Crippen LogP contribution in [0.4, 0.5) is 5.69 Å². The highest BCUT2D eigenvalue weighted by Crippen LogP contribution is 2.50. The summed E-state index contributed by atoms with van der Waals surface area (Å²) in [7, 11) is 6.34. The molecule has 0 spiro atoms. The molecule has 0 saturated carbocycles. The highest BCUT2D eigenvalue weighted by Gasteiger charge is 2.29. The van der Waals surface area contributed by atoms with E-state index >= 15 is 0 Å². The standard InChI is InChI=1S/C29H32N2O6/c1-17(32)31-23-11-9-19-14-26(35-3)28(36-4)29(37-5)27(19)21-10-12-24(25(33)15-22(21)23)30-16-18-7-6-8-20(13-18)34-2/h6-8,10,12-15,23H,9,11,16H2,1-5H3,(H,30,33)(H,31,32). The number of nitrogens with one attached hydrogen (secondary N) is 2. The van der Waals surface area contributed by atoms with Crippen molar-refractivity contribution in [2.75, 3.05) is 33.8 Å². The Kier molecular flexibility index (Phi) is 7.86. The fourth-order valence-corrected chi connectivity index (χ4v) is 4.83. The van der Waals surface area contributed by atoms with E-state index in [1.54, 1.807) is 40.6 Å². The van der Waals surface area contributed by atoms with Crippen LogP contribution in [0.5, 0.6) is 23.0 Å². The van der Waals surface area contributed by atoms with Crippen LogP contribution in [0.25, 0.3) is 11.1 Å². The number of aryl methyl sites for hydroxylation is 1. The van der Waals surface area contributed by atoms with Crippen molar-refractivity contribution in [3.63, 3.8) is 0 Å². The van der Waals surface area contributed by atoms with Crippen molar-refractivity contribution in [2.45, 2.75) is 32.4 Å². The molecule has 3 aromatic rings. The first-order valence-corrected chi connectivity index (χ1v) is 12.0. The number of benzene rings is 2. The SMILES string of the molecule is COc1cccc(CNc2ccc3c(cc2=O)C(NC(C)=O)CCc2cc(OC)c(OC)c(OC)c2-3)c1. The van der Waals surface area contributed by atoms with E-state index in [1.807, 2.05) is 36.4 Å². The third-order valence-electron chi connectivity index (χ3n) is 6.53. The number of ether oxygens (including phenoxy) is 4. The maximum Gasteiger partial charge on any atom is 0.217 e. The zero-order valence-electron chi connectivity index (χ0n) is 21.8. The summed E-state index contributed by atoms with van der Waals surface area (Å²) in [6.07, 6.45) is 1.25. The van der Waals surface area contributed by atoms with Gasteiger partial charge in [0.15, 0.2) is 11.5 Å². The number of rotatable bonds is 8. The van der Waals surface area contributed by atoms with E-state index in [2.05, 4.69) is 10.6 Å². The molecule has 37 heavy (non-hydrogen) atoms. The van der Waals surface area contributed by atoms with Gasteiger partial charge < -0.3 is 29.6 Å². The molecule has 1 amide bonds. The number of carbonyl (C=O) groups excluding carboxylic acids is 1. The van der Waals surface area contributed by atoms with E-state index < -0.39 is 0 Å². The Morgan fingerprint density at radius 2 is 1.73 bits per heavy atom. The zero-order chi connectivity index (χ0) is 26.5. The number of amides is 1. The van der Waals surface area contributed by atoms with Crippen molar-refractivity contribution in [3.05, 3.63) is 75.4 Å². The molecule has 2 N–H and O–H groups in total. The van der Waals surface area contributed by atoms with Crippen molar-refractivity contribution in [1.29, 1.82) is 0 Å². The molecule has 0 radical (unpaired) electrons. The van der Waals surface area contributed by atoms with Gasteiger partial charge in [0, 0.05) is 19.0 Å². The summed E-state index contributed by atoms with van der Waals surface area (Å²) in [5, 5.41) is 6.28. The molecular weight excluding hydrogens is 472 g/mol. The first-order chi connectivity index (χ1) is 17.9. The molecule has 1 atom stereocenters. The minimum atomic E-state index is -0.354. The summed E-state index contributed by atoms with van der Waals surface area (Å²) in [4.78, 5) is 25.5. The Hall–Kier alpha value is -4.20. The van der Waals surface area contributed by atoms with Gasteiger partial charge in [-0.15, -0.1) is 0 Å². The summed E-state index contributed by atoms with van der Waals surface area (Å²) < 4.78 is 22.3. The average Bonchev–Trinajstić information content (AvgIpc) is 3.14. The van der Waals surface area contributed by atoms with Crippen LogP contribution in [0.1, 0.15) is 36.1 Å². The van der Waals surface area contributed by atoms with Crippen LogP contribution in [0, 0.1) is 0 Å². The van der Waals surface area contributed by atoms with Crippen molar-refractivity contribution in [2.24, 2.45) is 0 Å². The topological polar surface area (TPSA) is 95.1 Å². The van der Waals surface area contributed by atoms with Gasteiger partial charge in [-0.3, -0.25) is 9.59 Å². The smallest absolute Gasteiger partial charge is 0.217 e. The fraction of sp³-hybridized carbons (Fsp3) is 0.310. The molecule has 4 rings (SSSR count). The third kappa shape index (κ3) is 5.33. The van der Waals surface area contributed by atoms with Crippen molar-refractivity contribution >= 4 is 11.6 Å². The van der Waals surface area contributed by atoms with Crippen molar-refractivity contribution in [1.82, 2.24) is 5.32 Å². The second-order valence-electron chi connectivity index (χ2n) is 8.80. The molecule has 0 aliphatic heterocycles. The second kappa shape index (κ2) is 11.2. The van der Waals surface area contributed by atoms with Gasteiger partial charge in [0.25, 0.3) is 0 Å². The maximum atomic E-state index is 13.4. The van der Waals surface area contributed by atoms with Gasteiger partial charge in [-0.05, 0) is 65.4 Å². The summed E-state index contributed by atoms with van der Waals surface area (Å²) >= 11 is 0. The Labute approximate surface area is 216 Å². The first-order valence-electron chi connectivity index (χ1n) is 12.0. The third-order valence-corrected chi connectivity index (χ3v) is 6.53. The first kappa shape index (κ1) is 25.9. The molecule has 194 valence electrons. The molecule has 1 aliphatic rings. The van der Waals surface area contributed by atoms with Gasteiger partial charge in [-0.2, -0.15) is 0 Å². The molecule has 3 aromatic carbocycles. The molecule has 8 heteroatoms. The van der Waals surface area contributed by atoms with Crippen LogP contribution in [0.2, 0.25) is 0 Å². The molecule has 0 bridgehead atoms. The molecular formula is C29H32N2O6. The lowest BCUT2D eigenvalue weighted by atomic mass is 9.95. The van der Waals surface area contributed by atoms with Crippen LogP contribution in [0.15, 0.2) is 53.3 Å². The Morgan fingerprint density at radius 3 is 2.41 bits per heavy atom. The van der Waals surface area contributed by atoms with Gasteiger partial charge in [0.05, 0.1) is 40.2 Å². The van der Waals surface area contributed by atoms with E-state index in [0.29, 0.717) is 42.3 Å². The average molecular weight is 505 g/mol. The highest BCUT2D eigenvalue weighted by atomic mass is 16.5. The molecule has 8 nitrogen and oxygen atoms in total. The van der Waals surface area contributed by atoms with Gasteiger partial charge in [-0.25, -0.2) is 0 Å². The van der Waals surface area contributed by atoms with Gasteiger partial charge in [0.1, 0.15) is 5.75 Å². The monoisotopic (exact) mass is 504 g/mol. The van der Waals surface area contributed by atoms with E-state index in [-0.39, 0.29) is 17.4 Å². The van der Waals surface area contributed by atoms with Gasteiger partial charge in [-0.1, -0.05) is 18.2 Å². The Bertz CT molecular complexity index is 1370. The number of fused-ring (bicyclic) bond motifs is 3. The van der Waals surface area contributed by atoms with Crippen molar-refractivity contribution < 1.29 is 23.7 Å². The predicted molar refractivity (Wildman–Crippen MR) is 143 cm³/mol. The highest BCUT2D eigenvalue weighted by molar-refractivity contribution is 5.83. The number of methoxy groups -OCH3 is 4. The summed E-state index contributed by atoms with van der Waals surface area (Å²) in [6, 6.07) is 14.5. The lowest BCUT2D eigenvalue weighted by molar-refractivity contribution is -0.119. The van der Waals surface area contributed by atoms with Crippen LogP contribution >= 0.6 is 0 Å². The molecule has 0 heterocycles. The molecule has 1 aliphatic carbocycles. The quantitative estimate of drug-likeness (QED) is 0.467. The number of hydrogen-bond donors (Lipinski definition) is 2.